The van der Waals surface area contributed by atoms with Gasteiger partial charge in [0.25, 0.3) is 0 Å². The topological polar surface area (TPSA) is 18.5 Å². The third kappa shape index (κ3) is 6.87. The summed E-state index contributed by atoms with van der Waals surface area (Å²) in [4.78, 5) is 0. The lowest BCUT2D eigenvalue weighted by Gasteiger charge is -2.43. The highest BCUT2D eigenvalue weighted by atomic mass is 31.1. The van der Waals surface area contributed by atoms with Gasteiger partial charge in [0.05, 0.1) is 0 Å². The van der Waals surface area contributed by atoms with Crippen LogP contribution in [0.1, 0.15) is 113 Å². The minimum Gasteiger partial charge on any atom is -0.489 e. The minimum absolute atomic E-state index is 0.159. The van der Waals surface area contributed by atoms with E-state index >= 15 is 0 Å². The average Bonchev–Trinajstić information content (AvgIpc) is 2.87. The standard InChI is InChI=1S/C35H54O2P2/c1-32(2,3)38(33(4,5)6)28-20-13-16-24-22-27-19-15-18-26(36-30(24)28)23-25-17-14-21-29(31(25)37-27)39(34(7,8)9)35(10,11)12/h13-14,16-17,20-21,26-27H,15,18-19,22-23H2,1-12H3/t26-,27-/m0/s1. The zero-order valence-electron chi connectivity index (χ0n) is 26.9. The third-order valence-corrected chi connectivity index (χ3v) is 14.9. The summed E-state index contributed by atoms with van der Waals surface area (Å²) >= 11 is 0. The van der Waals surface area contributed by atoms with Crippen LogP contribution in [0.5, 0.6) is 11.5 Å². The maximum Gasteiger partial charge on any atom is 0.130 e. The van der Waals surface area contributed by atoms with Crippen LogP contribution in [0.15, 0.2) is 36.4 Å². The van der Waals surface area contributed by atoms with Crippen molar-refractivity contribution in [3.63, 3.8) is 0 Å². The lowest BCUT2D eigenvalue weighted by atomic mass is 10.0. The quantitative estimate of drug-likeness (QED) is 0.336. The van der Waals surface area contributed by atoms with E-state index in [-0.39, 0.29) is 32.8 Å². The van der Waals surface area contributed by atoms with Gasteiger partial charge in [0.15, 0.2) is 0 Å². The molecule has 0 fully saturated rings. The molecule has 2 aromatic carbocycles. The van der Waals surface area contributed by atoms with Gasteiger partial charge in [-0.05, 0) is 51.0 Å². The van der Waals surface area contributed by atoms with Gasteiger partial charge in [-0.15, -0.1) is 0 Å². The Bertz CT molecular complexity index is 1040. The molecular weight excluding hydrogens is 514 g/mol. The molecule has 0 amide bonds. The van der Waals surface area contributed by atoms with Crippen molar-refractivity contribution in [1.82, 2.24) is 0 Å². The third-order valence-electron chi connectivity index (χ3n) is 7.83. The van der Waals surface area contributed by atoms with E-state index in [0.717, 1.165) is 32.1 Å². The first-order chi connectivity index (χ1) is 17.9. The second-order valence-electron chi connectivity index (χ2n) is 15.7. The maximum absolute atomic E-state index is 7.20. The molecule has 0 aliphatic carbocycles. The van der Waals surface area contributed by atoms with Crippen molar-refractivity contribution < 1.29 is 9.47 Å². The van der Waals surface area contributed by atoms with Crippen LogP contribution in [-0.2, 0) is 12.8 Å². The molecule has 4 rings (SSSR count). The Labute approximate surface area is 242 Å². The zero-order valence-corrected chi connectivity index (χ0v) is 28.7. The van der Waals surface area contributed by atoms with E-state index in [0.29, 0.717) is 0 Å². The highest BCUT2D eigenvalue weighted by Gasteiger charge is 2.41. The van der Waals surface area contributed by atoms with Gasteiger partial charge in [-0.2, -0.15) is 0 Å². The van der Waals surface area contributed by atoms with Crippen molar-refractivity contribution in [3.05, 3.63) is 47.5 Å². The van der Waals surface area contributed by atoms with Crippen molar-refractivity contribution in [2.45, 2.75) is 148 Å². The summed E-state index contributed by atoms with van der Waals surface area (Å²) < 4.78 is 14.4. The van der Waals surface area contributed by atoms with E-state index in [9.17, 15) is 0 Å². The fraction of sp³-hybridized carbons (Fsp3) is 0.657. The number of para-hydroxylation sites is 2. The highest BCUT2D eigenvalue weighted by molar-refractivity contribution is 7.69. The first-order valence-electron chi connectivity index (χ1n) is 15.0. The summed E-state index contributed by atoms with van der Waals surface area (Å²) in [5.74, 6) is 2.33. The van der Waals surface area contributed by atoms with Crippen molar-refractivity contribution in [1.29, 1.82) is 0 Å². The predicted octanol–water partition coefficient (Wildman–Crippen LogP) is 9.57. The molecule has 2 atom stereocenters. The Hall–Kier alpha value is -1.10. The molecule has 39 heavy (non-hydrogen) atoms. The fourth-order valence-electron chi connectivity index (χ4n) is 7.35. The van der Waals surface area contributed by atoms with Crippen LogP contribution in [0.25, 0.3) is 0 Å². The maximum atomic E-state index is 7.20. The molecule has 2 bridgehead atoms. The molecule has 0 radical (unpaired) electrons. The number of benzene rings is 2. The molecule has 0 N–H and O–H groups in total. The number of rotatable bonds is 2. The molecule has 0 unspecified atom stereocenters. The Kier molecular flexibility index (Phi) is 8.66. The van der Waals surface area contributed by atoms with Crippen LogP contribution in [0, 0.1) is 0 Å². The van der Waals surface area contributed by atoms with Crippen molar-refractivity contribution in [3.8, 4) is 11.5 Å². The summed E-state index contributed by atoms with van der Waals surface area (Å²) in [6.07, 6.45) is 5.43. The SMILES string of the molecule is CC(C)(C)P(c1cccc2c1O[C@H]1CCC[C@@H](C2)Oc2c(cccc2P(C(C)(C)C)C(C)(C)C)C1)C(C)(C)C. The molecule has 0 saturated carbocycles. The summed E-state index contributed by atoms with van der Waals surface area (Å²) in [7, 11) is -0.924. The van der Waals surface area contributed by atoms with Gasteiger partial charge in [-0.25, -0.2) is 0 Å². The molecule has 4 heteroatoms. The van der Waals surface area contributed by atoms with E-state index in [2.05, 4.69) is 119 Å². The van der Waals surface area contributed by atoms with Crippen LogP contribution >= 0.6 is 15.8 Å². The van der Waals surface area contributed by atoms with Gasteiger partial charge in [0, 0.05) is 23.5 Å². The Morgan fingerprint density at radius 2 is 0.872 bits per heavy atom. The molecule has 0 spiro atoms. The first-order valence-corrected chi connectivity index (χ1v) is 17.7. The fourth-order valence-corrected chi connectivity index (χ4v) is 15.5. The minimum atomic E-state index is -0.462. The summed E-state index contributed by atoms with van der Waals surface area (Å²) in [5, 5.41) is 3.62. The van der Waals surface area contributed by atoms with Gasteiger partial charge in [0.1, 0.15) is 23.7 Å². The molecule has 2 aliphatic rings. The van der Waals surface area contributed by atoms with E-state index in [1.807, 2.05) is 0 Å². The van der Waals surface area contributed by atoms with E-state index in [4.69, 9.17) is 9.47 Å². The highest BCUT2D eigenvalue weighted by Crippen LogP contribution is 2.61. The van der Waals surface area contributed by atoms with Crippen LogP contribution < -0.4 is 20.1 Å². The summed E-state index contributed by atoms with van der Waals surface area (Å²) in [6.45, 7) is 28.9. The summed E-state index contributed by atoms with van der Waals surface area (Å²) in [5.41, 5.74) is 2.67. The largest absolute Gasteiger partial charge is 0.489 e. The van der Waals surface area contributed by atoms with Gasteiger partial charge >= 0.3 is 0 Å². The molecule has 216 valence electrons. The molecule has 0 saturated heterocycles. The van der Waals surface area contributed by atoms with E-state index < -0.39 is 15.8 Å². The Balaban J connectivity index is 1.86. The first kappa shape index (κ1) is 30.8. The van der Waals surface area contributed by atoms with Crippen molar-refractivity contribution in [2.24, 2.45) is 0 Å². The van der Waals surface area contributed by atoms with E-state index in [1.54, 1.807) is 0 Å². The molecule has 2 heterocycles. The second kappa shape index (κ2) is 11.0. The summed E-state index contributed by atoms with van der Waals surface area (Å²) in [6, 6.07) is 13.9. The zero-order chi connectivity index (χ0) is 29.0. The van der Waals surface area contributed by atoms with Crippen LogP contribution in [0.2, 0.25) is 0 Å². The van der Waals surface area contributed by atoms with Gasteiger partial charge in [-0.1, -0.05) is 135 Å². The van der Waals surface area contributed by atoms with Crippen LogP contribution in [0.3, 0.4) is 0 Å². The number of fused-ring (bicyclic) bond motifs is 6. The lowest BCUT2D eigenvalue weighted by molar-refractivity contribution is 0.189. The smallest absolute Gasteiger partial charge is 0.130 e. The second-order valence-corrected chi connectivity index (χ2v) is 23.4. The average molecular weight is 569 g/mol. The molecule has 0 aromatic heterocycles. The predicted molar refractivity (Wildman–Crippen MR) is 175 cm³/mol. The lowest BCUT2D eigenvalue weighted by Crippen LogP contribution is -2.35. The molecule has 2 aliphatic heterocycles. The van der Waals surface area contributed by atoms with Crippen molar-refractivity contribution in [2.75, 3.05) is 0 Å². The molecule has 2 nitrogen and oxygen atoms in total. The molecular formula is C35H54O2P2. The van der Waals surface area contributed by atoms with Gasteiger partial charge in [0.2, 0.25) is 0 Å². The number of hydrogen-bond donors (Lipinski definition) is 0. The number of hydrogen-bond acceptors (Lipinski definition) is 2. The Morgan fingerprint density at radius 1 is 0.538 bits per heavy atom. The van der Waals surface area contributed by atoms with Gasteiger partial charge < -0.3 is 9.47 Å². The van der Waals surface area contributed by atoms with Crippen LogP contribution in [0.4, 0.5) is 0 Å². The van der Waals surface area contributed by atoms with Crippen LogP contribution in [-0.4, -0.2) is 32.8 Å². The monoisotopic (exact) mass is 568 g/mol. The van der Waals surface area contributed by atoms with Gasteiger partial charge in [-0.3, -0.25) is 0 Å². The van der Waals surface area contributed by atoms with E-state index in [1.165, 1.54) is 33.2 Å². The van der Waals surface area contributed by atoms with Crippen molar-refractivity contribution >= 4 is 26.5 Å². The normalized spacial score (nSPS) is 20.7. The number of ether oxygens (including phenoxy) is 2. The Morgan fingerprint density at radius 3 is 1.18 bits per heavy atom. The molecule has 2 aromatic rings.